The molecule has 16 nitrogen and oxygen atoms in total. The molecule has 0 aliphatic carbocycles. The molecule has 270 valence electrons. The van der Waals surface area contributed by atoms with Crippen molar-refractivity contribution in [2.45, 2.75) is 66.7 Å². The highest BCUT2D eigenvalue weighted by Gasteiger charge is 2.21. The van der Waals surface area contributed by atoms with E-state index in [9.17, 15) is 19.2 Å². The number of hydrogen-bond acceptors (Lipinski definition) is 8. The number of fused-ring (bicyclic) bond motifs is 2. The van der Waals surface area contributed by atoms with Crippen LogP contribution in [-0.4, -0.2) is 81.3 Å². The van der Waals surface area contributed by atoms with Crippen molar-refractivity contribution < 1.29 is 19.2 Å². The van der Waals surface area contributed by atoms with Crippen LogP contribution in [0.15, 0.2) is 48.5 Å². The summed E-state index contributed by atoms with van der Waals surface area (Å²) in [6.07, 6.45) is 1.29. The first-order valence-electron chi connectivity index (χ1n) is 17.1. The molecule has 4 N–H and O–H groups in total. The molecule has 0 saturated heterocycles. The average Bonchev–Trinajstić information content (AvgIpc) is 3.87. The van der Waals surface area contributed by atoms with Gasteiger partial charge in [0.2, 0.25) is 17.8 Å². The zero-order chi connectivity index (χ0) is 37.3. The van der Waals surface area contributed by atoms with Crippen LogP contribution < -0.4 is 16.4 Å². The predicted octanol–water partition coefficient (Wildman–Crippen LogP) is 4.22. The Morgan fingerprint density at radius 2 is 1.13 bits per heavy atom. The van der Waals surface area contributed by atoms with E-state index in [1.165, 1.54) is 4.90 Å². The fourth-order valence-electron chi connectivity index (χ4n) is 6.26. The summed E-state index contributed by atoms with van der Waals surface area (Å²) in [7, 11) is 3.38. The molecule has 0 unspecified atom stereocenters. The zero-order valence-corrected chi connectivity index (χ0v) is 30.1. The van der Waals surface area contributed by atoms with E-state index in [0.717, 1.165) is 22.4 Å². The summed E-state index contributed by atoms with van der Waals surface area (Å²) in [5.74, 6) is -0.761. The second kappa shape index (κ2) is 14.5. The van der Waals surface area contributed by atoms with Gasteiger partial charge in [0.25, 0.3) is 17.7 Å². The van der Waals surface area contributed by atoms with Gasteiger partial charge in [0.1, 0.15) is 11.4 Å². The van der Waals surface area contributed by atoms with Crippen LogP contribution in [0.5, 0.6) is 0 Å². The van der Waals surface area contributed by atoms with Crippen LogP contribution in [0.25, 0.3) is 22.1 Å². The molecule has 0 saturated carbocycles. The minimum atomic E-state index is -0.577. The van der Waals surface area contributed by atoms with Gasteiger partial charge in [-0.25, -0.2) is 9.97 Å². The normalized spacial score (nSPS) is 11.3. The molecule has 0 fully saturated rings. The van der Waals surface area contributed by atoms with E-state index in [1.54, 1.807) is 65.9 Å². The highest BCUT2D eigenvalue weighted by molar-refractivity contribution is 6.04. The number of nitrogens with zero attached hydrogens (tertiary/aromatic N) is 9. The van der Waals surface area contributed by atoms with Crippen LogP contribution in [-0.2, 0) is 26.2 Å². The SMILES string of the molecule is CCn1nc(C)cc1C(=O)Nc1nc2cc(C(N)=O)ccc2n1CCCCn1c(NC(=O)c2cc(C)nn2CC)nc2cc(C(=O)N(C)C)ccc21. The molecule has 4 amide bonds. The number of anilines is 2. The molecule has 0 bridgehead atoms. The maximum absolute atomic E-state index is 13.5. The van der Waals surface area contributed by atoms with E-state index in [-0.39, 0.29) is 17.7 Å². The lowest BCUT2D eigenvalue weighted by Crippen LogP contribution is -2.21. The van der Waals surface area contributed by atoms with Gasteiger partial charge in [-0.15, -0.1) is 0 Å². The topological polar surface area (TPSA) is 193 Å². The standard InChI is InChI=1S/C36H42N12O4/c1-7-47-29(17-21(3)42-47)32(50)40-35-38-25-19-23(31(37)49)11-13-27(25)45(35)15-9-10-16-46-28-14-12-24(34(52)44(5)6)20-26(28)39-36(46)41-33(51)30-18-22(4)43-48(30)8-2/h11-14,17-20H,7-10,15-16H2,1-6H3,(H2,37,49)(H,38,40,50)(H,39,41,51). The summed E-state index contributed by atoms with van der Waals surface area (Å²) >= 11 is 0. The van der Waals surface area contributed by atoms with Crippen molar-refractivity contribution in [2.75, 3.05) is 24.7 Å². The van der Waals surface area contributed by atoms with Gasteiger partial charge in [0, 0.05) is 51.4 Å². The molecular weight excluding hydrogens is 664 g/mol. The van der Waals surface area contributed by atoms with Crippen LogP contribution in [0.4, 0.5) is 11.9 Å². The summed E-state index contributed by atoms with van der Waals surface area (Å²) in [4.78, 5) is 62.5. The Hall–Kier alpha value is -6.32. The molecule has 2 aromatic carbocycles. The van der Waals surface area contributed by atoms with E-state index in [1.807, 2.05) is 42.9 Å². The van der Waals surface area contributed by atoms with Crippen LogP contribution in [0, 0.1) is 13.8 Å². The lowest BCUT2D eigenvalue weighted by Gasteiger charge is -2.13. The third-order valence-corrected chi connectivity index (χ3v) is 8.77. The van der Waals surface area contributed by atoms with Gasteiger partial charge in [0.05, 0.1) is 33.5 Å². The van der Waals surface area contributed by atoms with Crippen molar-refractivity contribution in [3.63, 3.8) is 0 Å². The third-order valence-electron chi connectivity index (χ3n) is 8.77. The lowest BCUT2D eigenvalue weighted by molar-refractivity contribution is 0.0827. The molecule has 0 aliphatic rings. The largest absolute Gasteiger partial charge is 0.366 e. The molecule has 4 heterocycles. The summed E-state index contributed by atoms with van der Waals surface area (Å²) < 4.78 is 7.10. The van der Waals surface area contributed by atoms with E-state index in [2.05, 4.69) is 25.8 Å². The monoisotopic (exact) mass is 706 g/mol. The van der Waals surface area contributed by atoms with Gasteiger partial charge in [-0.2, -0.15) is 10.2 Å². The van der Waals surface area contributed by atoms with Gasteiger partial charge in [-0.1, -0.05) is 0 Å². The Bertz CT molecular complexity index is 2340. The highest BCUT2D eigenvalue weighted by Crippen LogP contribution is 2.26. The summed E-state index contributed by atoms with van der Waals surface area (Å²) in [6, 6.07) is 13.8. The molecule has 16 heteroatoms. The zero-order valence-electron chi connectivity index (χ0n) is 30.1. The highest BCUT2D eigenvalue weighted by atomic mass is 16.2. The first kappa shape index (κ1) is 35.5. The Morgan fingerprint density at radius 3 is 1.56 bits per heavy atom. The van der Waals surface area contributed by atoms with Gasteiger partial charge < -0.3 is 19.8 Å². The number of amides is 4. The molecule has 0 atom stereocenters. The Labute approximate surface area is 299 Å². The summed E-state index contributed by atoms with van der Waals surface area (Å²) in [5.41, 5.74) is 11.2. The fourth-order valence-corrected chi connectivity index (χ4v) is 6.26. The first-order chi connectivity index (χ1) is 24.9. The van der Waals surface area contributed by atoms with Crippen LogP contribution in [0.3, 0.4) is 0 Å². The first-order valence-corrected chi connectivity index (χ1v) is 17.1. The molecule has 4 aromatic heterocycles. The Kier molecular flexibility index (Phi) is 9.90. The van der Waals surface area contributed by atoms with E-state index < -0.39 is 5.91 Å². The summed E-state index contributed by atoms with van der Waals surface area (Å²) in [6.45, 7) is 9.49. The van der Waals surface area contributed by atoms with Crippen molar-refractivity contribution in [1.82, 2.24) is 43.6 Å². The minimum Gasteiger partial charge on any atom is -0.366 e. The van der Waals surface area contributed by atoms with Crippen LogP contribution in [0.2, 0.25) is 0 Å². The number of unbranched alkanes of at least 4 members (excludes halogenated alkanes) is 1. The molecule has 52 heavy (non-hydrogen) atoms. The third kappa shape index (κ3) is 6.99. The van der Waals surface area contributed by atoms with Crippen molar-refractivity contribution in [3.05, 3.63) is 82.4 Å². The second-order valence-corrected chi connectivity index (χ2v) is 12.7. The number of carbonyl (C=O) groups excluding carboxylic acids is 4. The maximum atomic E-state index is 13.5. The fraction of sp³-hybridized carbons (Fsp3) is 0.333. The molecule has 0 aliphatic heterocycles. The number of primary amides is 1. The average molecular weight is 707 g/mol. The molecule has 0 radical (unpaired) electrons. The summed E-state index contributed by atoms with van der Waals surface area (Å²) in [5, 5.41) is 14.7. The number of nitrogens with one attached hydrogen (secondary N) is 2. The van der Waals surface area contributed by atoms with E-state index in [0.29, 0.717) is 84.5 Å². The molecule has 0 spiro atoms. The molecular formula is C36H42N12O4. The van der Waals surface area contributed by atoms with Crippen molar-refractivity contribution in [3.8, 4) is 0 Å². The number of aromatic nitrogens is 8. The Morgan fingerprint density at radius 1 is 0.692 bits per heavy atom. The number of aryl methyl sites for hydroxylation is 6. The van der Waals surface area contributed by atoms with Gasteiger partial charge >= 0.3 is 0 Å². The molecule has 6 rings (SSSR count). The number of carbonyl (C=O) groups is 4. The van der Waals surface area contributed by atoms with Crippen molar-refractivity contribution in [2.24, 2.45) is 5.73 Å². The van der Waals surface area contributed by atoms with Gasteiger partial charge in [-0.3, -0.25) is 39.2 Å². The second-order valence-electron chi connectivity index (χ2n) is 12.7. The van der Waals surface area contributed by atoms with Crippen molar-refractivity contribution in [1.29, 1.82) is 0 Å². The number of hydrogen-bond donors (Lipinski definition) is 3. The van der Waals surface area contributed by atoms with Crippen molar-refractivity contribution >= 4 is 57.6 Å². The van der Waals surface area contributed by atoms with E-state index in [4.69, 9.17) is 10.7 Å². The number of benzene rings is 2. The quantitative estimate of drug-likeness (QED) is 0.149. The van der Waals surface area contributed by atoms with E-state index >= 15 is 0 Å². The number of imidazole rings is 2. The van der Waals surface area contributed by atoms with Gasteiger partial charge in [-0.05, 0) is 89.1 Å². The number of nitrogens with two attached hydrogens (primary N) is 1. The smallest absolute Gasteiger partial charge is 0.276 e. The predicted molar refractivity (Wildman–Crippen MR) is 196 cm³/mol. The van der Waals surface area contributed by atoms with Gasteiger partial charge in [0.15, 0.2) is 0 Å². The number of rotatable bonds is 13. The van der Waals surface area contributed by atoms with Crippen LogP contribution in [0.1, 0.15) is 79.8 Å². The lowest BCUT2D eigenvalue weighted by atomic mass is 10.2. The molecule has 6 aromatic rings. The van der Waals surface area contributed by atoms with Crippen LogP contribution >= 0.6 is 0 Å². The minimum absolute atomic E-state index is 0.156. The Balaban J connectivity index is 1.28. The maximum Gasteiger partial charge on any atom is 0.276 e.